The molecule has 0 atom stereocenters. The fourth-order valence-electron chi connectivity index (χ4n) is 2.61. The van der Waals surface area contributed by atoms with Gasteiger partial charge < -0.3 is 15.5 Å². The molecule has 0 saturated heterocycles. The van der Waals surface area contributed by atoms with Crippen molar-refractivity contribution in [2.24, 2.45) is 7.05 Å². The highest BCUT2D eigenvalue weighted by Gasteiger charge is 2.16. The molecule has 140 valence electrons. The number of fused-ring (bicyclic) bond motifs is 1. The molecule has 7 nitrogen and oxygen atoms in total. The summed E-state index contributed by atoms with van der Waals surface area (Å²) in [6.07, 6.45) is 0. The summed E-state index contributed by atoms with van der Waals surface area (Å²) in [4.78, 5) is 25.7. The van der Waals surface area contributed by atoms with Crippen LogP contribution in [0.15, 0.2) is 46.9 Å². The number of urea groups is 1. The average Bonchev–Trinajstić information content (AvgIpc) is 2.96. The molecule has 0 aliphatic carbocycles. The maximum absolute atomic E-state index is 12.6. The number of rotatable bonds is 4. The fraction of sp³-hybridized carbons (Fsp3) is 0.211. The minimum Gasteiger partial charge on any atom is -0.347 e. The molecule has 0 bridgehead atoms. The fourth-order valence-corrected chi connectivity index (χ4v) is 2.97. The first-order valence-corrected chi connectivity index (χ1v) is 9.12. The van der Waals surface area contributed by atoms with Gasteiger partial charge in [0.05, 0.1) is 5.52 Å². The minimum absolute atomic E-state index is 0.191. The number of halogens is 1. The maximum Gasteiger partial charge on any atom is 0.321 e. The molecule has 0 aliphatic rings. The van der Waals surface area contributed by atoms with Gasteiger partial charge in [-0.3, -0.25) is 9.48 Å². The molecule has 3 amide bonds. The van der Waals surface area contributed by atoms with E-state index in [1.807, 2.05) is 37.4 Å². The van der Waals surface area contributed by atoms with E-state index >= 15 is 0 Å². The summed E-state index contributed by atoms with van der Waals surface area (Å²) in [7, 11) is 5.17. The standard InChI is InChI=1S/C19H20BrN5O2/c1-24(2)19(27)22-14-7-4-12(5-8-14)11-21-18(26)17-15-10-13(20)6-9-16(15)25(3)23-17/h4-10H,11H2,1-3H3,(H,21,26)(H,22,27). The number of carbonyl (C=O) groups excluding carboxylic acids is 2. The van der Waals surface area contributed by atoms with Gasteiger partial charge in [0, 0.05) is 43.2 Å². The van der Waals surface area contributed by atoms with Crippen LogP contribution in [0.25, 0.3) is 10.9 Å². The second-order valence-corrected chi connectivity index (χ2v) is 7.25. The lowest BCUT2D eigenvalue weighted by Crippen LogP contribution is -2.27. The highest BCUT2D eigenvalue weighted by molar-refractivity contribution is 9.10. The Kier molecular flexibility index (Phi) is 5.46. The summed E-state index contributed by atoms with van der Waals surface area (Å²) >= 11 is 3.43. The Morgan fingerprint density at radius 1 is 1.15 bits per heavy atom. The predicted molar refractivity (Wildman–Crippen MR) is 109 cm³/mol. The van der Waals surface area contributed by atoms with Crippen LogP contribution in [0.2, 0.25) is 0 Å². The Labute approximate surface area is 165 Å². The average molecular weight is 430 g/mol. The van der Waals surface area contributed by atoms with Crippen molar-refractivity contribution in [3.05, 3.63) is 58.2 Å². The van der Waals surface area contributed by atoms with Crippen molar-refractivity contribution in [1.29, 1.82) is 0 Å². The number of aryl methyl sites for hydroxylation is 1. The lowest BCUT2D eigenvalue weighted by Gasteiger charge is -2.12. The van der Waals surface area contributed by atoms with E-state index in [2.05, 4.69) is 31.7 Å². The zero-order valence-electron chi connectivity index (χ0n) is 15.3. The zero-order valence-corrected chi connectivity index (χ0v) is 16.9. The van der Waals surface area contributed by atoms with Crippen LogP contribution >= 0.6 is 15.9 Å². The first-order valence-electron chi connectivity index (χ1n) is 8.33. The van der Waals surface area contributed by atoms with E-state index in [4.69, 9.17) is 0 Å². The molecule has 1 aromatic heterocycles. The molecule has 8 heteroatoms. The van der Waals surface area contributed by atoms with Crippen molar-refractivity contribution in [3.63, 3.8) is 0 Å². The Morgan fingerprint density at radius 3 is 2.52 bits per heavy atom. The monoisotopic (exact) mass is 429 g/mol. The van der Waals surface area contributed by atoms with Gasteiger partial charge in [0.2, 0.25) is 0 Å². The van der Waals surface area contributed by atoms with E-state index in [1.165, 1.54) is 4.90 Å². The third-order valence-electron chi connectivity index (χ3n) is 4.09. The molecule has 2 N–H and O–H groups in total. The summed E-state index contributed by atoms with van der Waals surface area (Å²) in [5.41, 5.74) is 2.91. The van der Waals surface area contributed by atoms with Crippen molar-refractivity contribution in [1.82, 2.24) is 20.0 Å². The molecule has 0 aliphatic heterocycles. The van der Waals surface area contributed by atoms with E-state index < -0.39 is 0 Å². The van der Waals surface area contributed by atoms with Crippen LogP contribution in [0.5, 0.6) is 0 Å². The largest absolute Gasteiger partial charge is 0.347 e. The number of benzene rings is 2. The van der Waals surface area contributed by atoms with E-state index in [-0.39, 0.29) is 11.9 Å². The van der Waals surface area contributed by atoms with Crippen LogP contribution in [0, 0.1) is 0 Å². The number of nitrogens with one attached hydrogen (secondary N) is 2. The van der Waals surface area contributed by atoms with Gasteiger partial charge in [0.1, 0.15) is 0 Å². The Hall–Kier alpha value is -2.87. The van der Waals surface area contributed by atoms with E-state index in [0.29, 0.717) is 17.9 Å². The summed E-state index contributed by atoms with van der Waals surface area (Å²) < 4.78 is 2.59. The number of amides is 3. The lowest BCUT2D eigenvalue weighted by atomic mass is 10.2. The Bertz CT molecular complexity index is 995. The Morgan fingerprint density at radius 2 is 1.85 bits per heavy atom. The highest BCUT2D eigenvalue weighted by atomic mass is 79.9. The summed E-state index contributed by atoms with van der Waals surface area (Å²) in [6.45, 7) is 0.368. The number of aromatic nitrogens is 2. The predicted octanol–water partition coefficient (Wildman–Crippen LogP) is 3.36. The molecule has 0 radical (unpaired) electrons. The molecular formula is C19H20BrN5O2. The summed E-state index contributed by atoms with van der Waals surface area (Å²) in [5, 5.41) is 10.8. The summed E-state index contributed by atoms with van der Waals surface area (Å²) in [6, 6.07) is 12.9. The van der Waals surface area contributed by atoms with Crippen LogP contribution in [-0.2, 0) is 13.6 Å². The van der Waals surface area contributed by atoms with Crippen LogP contribution in [0.1, 0.15) is 16.1 Å². The van der Waals surface area contributed by atoms with Crippen LogP contribution < -0.4 is 10.6 Å². The van der Waals surface area contributed by atoms with Crippen molar-refractivity contribution in [2.45, 2.75) is 6.54 Å². The number of hydrogen-bond donors (Lipinski definition) is 2. The SMILES string of the molecule is CN(C)C(=O)Nc1ccc(CNC(=O)c2nn(C)c3ccc(Br)cc23)cc1. The van der Waals surface area contributed by atoms with Gasteiger partial charge in [-0.25, -0.2) is 4.79 Å². The molecular weight excluding hydrogens is 410 g/mol. The number of hydrogen-bond acceptors (Lipinski definition) is 3. The third kappa shape index (κ3) is 4.28. The van der Waals surface area contributed by atoms with Crippen molar-refractivity contribution in [3.8, 4) is 0 Å². The topological polar surface area (TPSA) is 79.3 Å². The quantitative estimate of drug-likeness (QED) is 0.667. The smallest absolute Gasteiger partial charge is 0.321 e. The van der Waals surface area contributed by atoms with E-state index in [9.17, 15) is 9.59 Å². The normalized spacial score (nSPS) is 10.7. The van der Waals surface area contributed by atoms with E-state index in [0.717, 1.165) is 20.9 Å². The molecule has 0 spiro atoms. The van der Waals surface area contributed by atoms with Gasteiger partial charge in [0.15, 0.2) is 5.69 Å². The van der Waals surface area contributed by atoms with Crippen molar-refractivity contribution < 1.29 is 9.59 Å². The maximum atomic E-state index is 12.6. The van der Waals surface area contributed by atoms with Gasteiger partial charge in [-0.15, -0.1) is 0 Å². The van der Waals surface area contributed by atoms with Crippen molar-refractivity contribution >= 4 is 44.5 Å². The number of anilines is 1. The van der Waals surface area contributed by atoms with Crippen LogP contribution in [0.4, 0.5) is 10.5 Å². The second kappa shape index (κ2) is 7.79. The van der Waals surface area contributed by atoms with E-state index in [1.54, 1.807) is 30.9 Å². The second-order valence-electron chi connectivity index (χ2n) is 6.34. The first-order chi connectivity index (χ1) is 12.8. The number of nitrogens with zero attached hydrogens (tertiary/aromatic N) is 3. The first kappa shape index (κ1) is 18.9. The van der Waals surface area contributed by atoms with Gasteiger partial charge in [-0.2, -0.15) is 5.10 Å². The van der Waals surface area contributed by atoms with Gasteiger partial charge in [-0.05, 0) is 35.9 Å². The van der Waals surface area contributed by atoms with Gasteiger partial charge in [0.25, 0.3) is 5.91 Å². The molecule has 27 heavy (non-hydrogen) atoms. The highest BCUT2D eigenvalue weighted by Crippen LogP contribution is 2.22. The molecule has 3 aromatic rings. The molecule has 1 heterocycles. The zero-order chi connectivity index (χ0) is 19.6. The summed E-state index contributed by atoms with van der Waals surface area (Å²) in [5.74, 6) is -0.233. The van der Waals surface area contributed by atoms with Crippen LogP contribution in [-0.4, -0.2) is 40.7 Å². The minimum atomic E-state index is -0.233. The third-order valence-corrected chi connectivity index (χ3v) is 4.59. The molecule has 3 rings (SSSR count). The van der Waals surface area contributed by atoms with Crippen LogP contribution in [0.3, 0.4) is 0 Å². The molecule has 0 unspecified atom stereocenters. The van der Waals surface area contributed by atoms with Gasteiger partial charge in [-0.1, -0.05) is 28.1 Å². The molecule has 0 fully saturated rings. The Balaban J connectivity index is 1.68. The number of carbonyl (C=O) groups is 2. The van der Waals surface area contributed by atoms with Crippen molar-refractivity contribution in [2.75, 3.05) is 19.4 Å². The molecule has 0 saturated carbocycles. The molecule has 2 aromatic carbocycles. The van der Waals surface area contributed by atoms with Gasteiger partial charge >= 0.3 is 6.03 Å². The lowest BCUT2D eigenvalue weighted by molar-refractivity contribution is 0.0946.